The molecular weight excluding hydrogens is 230 g/mol. The molecule has 3 heteroatoms. The first kappa shape index (κ1) is 10.6. The number of hydrogen-bond acceptors (Lipinski definition) is 3. The zero-order valence-corrected chi connectivity index (χ0v) is 10.2. The number of nitrogens with two attached hydrogens (primary N) is 1. The van der Waals surface area contributed by atoms with Crippen LogP contribution in [0.1, 0.15) is 11.1 Å². The van der Waals surface area contributed by atoms with E-state index in [-0.39, 0.29) is 0 Å². The molecule has 0 unspecified atom stereocenters. The number of rotatable bonds is 2. The van der Waals surface area contributed by atoms with Crippen LogP contribution in [-0.2, 0) is 11.3 Å². The molecule has 2 nitrogen and oxygen atoms in total. The Morgan fingerprint density at radius 3 is 2.94 bits per heavy atom. The molecule has 3 rings (SSSR count). The summed E-state index contributed by atoms with van der Waals surface area (Å²) in [7, 11) is 0. The van der Waals surface area contributed by atoms with Gasteiger partial charge in [0.15, 0.2) is 0 Å². The summed E-state index contributed by atoms with van der Waals surface area (Å²) >= 11 is 1.71. The molecule has 0 saturated heterocycles. The first-order valence-electron chi connectivity index (χ1n) is 5.55. The third kappa shape index (κ3) is 1.88. The van der Waals surface area contributed by atoms with Crippen molar-refractivity contribution >= 4 is 16.9 Å². The molecule has 17 heavy (non-hydrogen) atoms. The van der Waals surface area contributed by atoms with Gasteiger partial charge in [0.2, 0.25) is 0 Å². The Hall–Kier alpha value is -1.58. The highest BCUT2D eigenvalue weighted by molar-refractivity contribution is 7.08. The lowest BCUT2D eigenvalue weighted by Crippen LogP contribution is -2.09. The van der Waals surface area contributed by atoms with Crippen molar-refractivity contribution in [2.75, 3.05) is 6.54 Å². The molecule has 0 amide bonds. The minimum atomic E-state index is 0.519. The fraction of sp³-hybridized carbons (Fsp3) is 0.143. The van der Waals surface area contributed by atoms with Crippen molar-refractivity contribution in [3.8, 4) is 11.1 Å². The Bertz CT molecular complexity index is 558. The summed E-state index contributed by atoms with van der Waals surface area (Å²) in [6.07, 6.45) is 1.77. The maximum Gasteiger partial charge on any atom is 0.113 e. The van der Waals surface area contributed by atoms with E-state index in [0.717, 1.165) is 5.57 Å². The van der Waals surface area contributed by atoms with Gasteiger partial charge in [-0.05, 0) is 45.1 Å². The Labute approximate surface area is 104 Å². The summed E-state index contributed by atoms with van der Waals surface area (Å²) in [5.74, 6) is 0. The van der Waals surface area contributed by atoms with E-state index < -0.39 is 0 Å². The van der Waals surface area contributed by atoms with E-state index in [9.17, 15) is 0 Å². The minimum Gasteiger partial charge on any atom is -0.496 e. The van der Waals surface area contributed by atoms with Crippen LogP contribution in [0.4, 0.5) is 0 Å². The van der Waals surface area contributed by atoms with Crippen LogP contribution in [0.15, 0.2) is 41.3 Å². The highest BCUT2D eigenvalue weighted by Crippen LogP contribution is 2.30. The summed E-state index contributed by atoms with van der Waals surface area (Å²) in [5.41, 5.74) is 11.7. The SMILES string of the molecule is NCC1=COCc2cc(-c3ccsc3)ccc21. The van der Waals surface area contributed by atoms with Gasteiger partial charge >= 0.3 is 0 Å². The van der Waals surface area contributed by atoms with Crippen molar-refractivity contribution in [3.05, 3.63) is 52.4 Å². The summed E-state index contributed by atoms with van der Waals surface area (Å²) in [5, 5.41) is 4.25. The second kappa shape index (κ2) is 4.35. The molecule has 0 bridgehead atoms. The van der Waals surface area contributed by atoms with Crippen LogP contribution in [0.3, 0.4) is 0 Å². The van der Waals surface area contributed by atoms with Gasteiger partial charge < -0.3 is 10.5 Å². The van der Waals surface area contributed by atoms with Gasteiger partial charge in [0.25, 0.3) is 0 Å². The lowest BCUT2D eigenvalue weighted by molar-refractivity contribution is 0.232. The van der Waals surface area contributed by atoms with Crippen molar-refractivity contribution < 1.29 is 4.74 Å². The van der Waals surface area contributed by atoms with Gasteiger partial charge in [-0.25, -0.2) is 0 Å². The molecule has 0 radical (unpaired) electrons. The number of thiophene rings is 1. The fourth-order valence-corrected chi connectivity index (χ4v) is 2.75. The predicted octanol–water partition coefficient (Wildman–Crippen LogP) is 3.24. The molecule has 0 saturated carbocycles. The van der Waals surface area contributed by atoms with E-state index in [2.05, 4.69) is 35.0 Å². The summed E-state index contributed by atoms with van der Waals surface area (Å²) < 4.78 is 5.43. The maximum atomic E-state index is 5.70. The molecule has 0 spiro atoms. The zero-order valence-electron chi connectivity index (χ0n) is 9.35. The third-order valence-corrected chi connectivity index (χ3v) is 3.67. The van der Waals surface area contributed by atoms with Crippen LogP contribution >= 0.6 is 11.3 Å². The van der Waals surface area contributed by atoms with E-state index in [1.165, 1.54) is 22.3 Å². The quantitative estimate of drug-likeness (QED) is 0.878. The van der Waals surface area contributed by atoms with Crippen LogP contribution in [0.2, 0.25) is 0 Å². The van der Waals surface area contributed by atoms with Gasteiger partial charge in [-0.3, -0.25) is 0 Å². The minimum absolute atomic E-state index is 0.519. The third-order valence-electron chi connectivity index (χ3n) is 2.99. The van der Waals surface area contributed by atoms with Crippen molar-refractivity contribution in [1.29, 1.82) is 0 Å². The predicted molar refractivity (Wildman–Crippen MR) is 71.6 cm³/mol. The molecule has 0 aliphatic carbocycles. The highest BCUT2D eigenvalue weighted by Gasteiger charge is 2.13. The Kier molecular flexibility index (Phi) is 2.71. The largest absolute Gasteiger partial charge is 0.496 e. The monoisotopic (exact) mass is 243 g/mol. The van der Waals surface area contributed by atoms with Crippen molar-refractivity contribution in [1.82, 2.24) is 0 Å². The number of hydrogen-bond donors (Lipinski definition) is 1. The molecule has 1 aliphatic rings. The molecule has 2 N–H and O–H groups in total. The lowest BCUT2D eigenvalue weighted by Gasteiger charge is -2.18. The molecule has 86 valence electrons. The first-order chi connectivity index (χ1) is 8.38. The van der Waals surface area contributed by atoms with Gasteiger partial charge in [0, 0.05) is 12.1 Å². The van der Waals surface area contributed by atoms with Crippen molar-refractivity contribution in [3.63, 3.8) is 0 Å². The summed E-state index contributed by atoms with van der Waals surface area (Å²) in [4.78, 5) is 0. The average Bonchev–Trinajstić information content (AvgIpc) is 2.91. The van der Waals surface area contributed by atoms with Crippen LogP contribution in [0, 0.1) is 0 Å². The molecule has 2 aromatic rings. The van der Waals surface area contributed by atoms with E-state index in [1.807, 2.05) is 0 Å². The van der Waals surface area contributed by atoms with Crippen LogP contribution in [-0.4, -0.2) is 6.54 Å². The second-order valence-electron chi connectivity index (χ2n) is 4.04. The van der Waals surface area contributed by atoms with E-state index in [0.29, 0.717) is 13.2 Å². The molecule has 2 heterocycles. The van der Waals surface area contributed by atoms with Gasteiger partial charge in [0.05, 0.1) is 6.26 Å². The van der Waals surface area contributed by atoms with E-state index >= 15 is 0 Å². The van der Waals surface area contributed by atoms with Gasteiger partial charge in [-0.1, -0.05) is 12.1 Å². The number of benzene rings is 1. The van der Waals surface area contributed by atoms with Crippen LogP contribution < -0.4 is 5.73 Å². The van der Waals surface area contributed by atoms with Gasteiger partial charge in [0.1, 0.15) is 6.61 Å². The van der Waals surface area contributed by atoms with Crippen LogP contribution in [0.5, 0.6) is 0 Å². The van der Waals surface area contributed by atoms with Gasteiger partial charge in [-0.2, -0.15) is 11.3 Å². The Morgan fingerprint density at radius 1 is 1.24 bits per heavy atom. The van der Waals surface area contributed by atoms with Crippen molar-refractivity contribution in [2.24, 2.45) is 5.73 Å². The second-order valence-corrected chi connectivity index (χ2v) is 4.82. The standard InChI is InChI=1S/C14H13NOS/c15-6-13-8-16-7-12-5-10(1-2-14(12)13)11-3-4-17-9-11/h1-5,8-9H,6-7,15H2. The average molecular weight is 243 g/mol. The molecular formula is C14H13NOS. The van der Waals surface area contributed by atoms with Gasteiger partial charge in [-0.15, -0.1) is 0 Å². The lowest BCUT2D eigenvalue weighted by atomic mass is 9.95. The molecule has 1 aromatic heterocycles. The van der Waals surface area contributed by atoms with Crippen molar-refractivity contribution in [2.45, 2.75) is 6.61 Å². The fourth-order valence-electron chi connectivity index (χ4n) is 2.09. The molecule has 0 atom stereocenters. The molecule has 1 aliphatic heterocycles. The normalized spacial score (nSPS) is 13.8. The first-order valence-corrected chi connectivity index (χ1v) is 6.49. The highest BCUT2D eigenvalue weighted by atomic mass is 32.1. The number of fused-ring (bicyclic) bond motifs is 1. The molecule has 1 aromatic carbocycles. The summed E-state index contributed by atoms with van der Waals surface area (Å²) in [6, 6.07) is 8.62. The molecule has 0 fully saturated rings. The van der Waals surface area contributed by atoms with E-state index in [1.54, 1.807) is 17.6 Å². The summed E-state index contributed by atoms with van der Waals surface area (Å²) in [6.45, 7) is 1.15. The Balaban J connectivity index is 2.06. The topological polar surface area (TPSA) is 35.2 Å². The maximum absolute atomic E-state index is 5.70. The van der Waals surface area contributed by atoms with E-state index in [4.69, 9.17) is 10.5 Å². The smallest absolute Gasteiger partial charge is 0.113 e. The Morgan fingerprint density at radius 2 is 2.18 bits per heavy atom. The van der Waals surface area contributed by atoms with Crippen LogP contribution in [0.25, 0.3) is 16.7 Å². The number of ether oxygens (including phenoxy) is 1. The zero-order chi connectivity index (χ0) is 11.7.